The van der Waals surface area contributed by atoms with E-state index < -0.39 is 0 Å². The average molecular weight is 294 g/mol. The molecule has 0 amide bonds. The Morgan fingerprint density at radius 2 is 1.76 bits per heavy atom. The molecule has 7 nitrogen and oxygen atoms in total. The topological polar surface area (TPSA) is 75.2 Å². The van der Waals surface area contributed by atoms with E-state index in [-0.39, 0.29) is 0 Å². The maximum Gasteiger partial charge on any atom is 0.231 e. The van der Waals surface area contributed by atoms with Crippen molar-refractivity contribution in [2.45, 2.75) is 33.1 Å². The van der Waals surface area contributed by atoms with E-state index in [2.05, 4.69) is 30.5 Å². The molecule has 7 heteroatoms. The van der Waals surface area contributed by atoms with Gasteiger partial charge in [-0.15, -0.1) is 0 Å². The van der Waals surface area contributed by atoms with Gasteiger partial charge in [0.2, 0.25) is 17.8 Å². The van der Waals surface area contributed by atoms with Crippen LogP contribution in [0.2, 0.25) is 0 Å². The fourth-order valence-corrected chi connectivity index (χ4v) is 2.26. The summed E-state index contributed by atoms with van der Waals surface area (Å²) in [5, 5.41) is 6.43. The van der Waals surface area contributed by atoms with E-state index in [1.807, 2.05) is 13.8 Å². The Hall–Kier alpha value is -1.63. The van der Waals surface area contributed by atoms with Crippen LogP contribution in [-0.4, -0.2) is 54.3 Å². The van der Waals surface area contributed by atoms with Crippen molar-refractivity contribution in [1.29, 1.82) is 0 Å². The Morgan fingerprint density at radius 3 is 2.43 bits per heavy atom. The predicted octanol–water partition coefficient (Wildman–Crippen LogP) is 1.74. The maximum atomic E-state index is 5.33. The van der Waals surface area contributed by atoms with E-state index in [0.29, 0.717) is 11.9 Å². The van der Waals surface area contributed by atoms with E-state index in [9.17, 15) is 0 Å². The normalized spacial score (nSPS) is 14.5. The minimum absolute atomic E-state index is 0.638. The van der Waals surface area contributed by atoms with Crippen LogP contribution in [0.5, 0.6) is 0 Å². The molecule has 1 aromatic rings. The molecule has 0 bridgehead atoms. The van der Waals surface area contributed by atoms with Crippen LogP contribution in [0.4, 0.5) is 17.8 Å². The molecule has 1 aliphatic rings. The van der Waals surface area contributed by atoms with Crippen molar-refractivity contribution in [3.05, 3.63) is 0 Å². The van der Waals surface area contributed by atoms with Gasteiger partial charge in [-0.1, -0.05) is 0 Å². The zero-order valence-corrected chi connectivity index (χ0v) is 13.1. The maximum absolute atomic E-state index is 5.33. The van der Waals surface area contributed by atoms with Gasteiger partial charge in [-0.3, -0.25) is 0 Å². The van der Waals surface area contributed by atoms with Crippen LogP contribution >= 0.6 is 0 Å². The van der Waals surface area contributed by atoms with Crippen molar-refractivity contribution in [2.24, 2.45) is 0 Å². The van der Waals surface area contributed by atoms with Crippen molar-refractivity contribution in [1.82, 2.24) is 15.0 Å². The fourth-order valence-electron chi connectivity index (χ4n) is 2.26. The van der Waals surface area contributed by atoms with Crippen molar-refractivity contribution in [3.63, 3.8) is 0 Å². The van der Waals surface area contributed by atoms with Crippen molar-refractivity contribution < 1.29 is 4.74 Å². The van der Waals surface area contributed by atoms with E-state index in [0.717, 1.165) is 51.8 Å². The minimum Gasteiger partial charge on any atom is -0.382 e. The van der Waals surface area contributed by atoms with Crippen LogP contribution in [0.1, 0.15) is 33.1 Å². The molecule has 2 heterocycles. The summed E-state index contributed by atoms with van der Waals surface area (Å²) >= 11 is 0. The molecule has 2 rings (SSSR count). The monoisotopic (exact) mass is 294 g/mol. The van der Waals surface area contributed by atoms with Gasteiger partial charge >= 0.3 is 0 Å². The van der Waals surface area contributed by atoms with Gasteiger partial charge in [0, 0.05) is 39.4 Å². The van der Waals surface area contributed by atoms with Gasteiger partial charge in [0.25, 0.3) is 0 Å². The van der Waals surface area contributed by atoms with Crippen LogP contribution in [0.25, 0.3) is 0 Å². The minimum atomic E-state index is 0.638. The van der Waals surface area contributed by atoms with Crippen LogP contribution in [0.15, 0.2) is 0 Å². The van der Waals surface area contributed by atoms with E-state index in [4.69, 9.17) is 4.74 Å². The number of nitrogens with one attached hydrogen (secondary N) is 2. The quantitative estimate of drug-likeness (QED) is 0.672. The molecule has 0 atom stereocenters. The summed E-state index contributed by atoms with van der Waals surface area (Å²) in [5.74, 6) is 2.05. The van der Waals surface area contributed by atoms with E-state index >= 15 is 0 Å². The van der Waals surface area contributed by atoms with Crippen LogP contribution < -0.4 is 15.5 Å². The molecule has 2 N–H and O–H groups in total. The lowest BCUT2D eigenvalue weighted by atomic mass is 10.4. The predicted molar refractivity (Wildman–Crippen MR) is 85.0 cm³/mol. The molecule has 1 fully saturated rings. The first-order chi connectivity index (χ1) is 10.3. The Labute approximate surface area is 126 Å². The molecular formula is C14H26N6O. The Balaban J connectivity index is 1.97. The number of anilines is 3. The molecule has 0 radical (unpaired) electrons. The molecule has 0 unspecified atom stereocenters. The summed E-state index contributed by atoms with van der Waals surface area (Å²) in [7, 11) is 0. The molecule has 1 aliphatic heterocycles. The summed E-state index contributed by atoms with van der Waals surface area (Å²) in [6, 6.07) is 0. The lowest BCUT2D eigenvalue weighted by Gasteiger charge is -2.17. The smallest absolute Gasteiger partial charge is 0.231 e. The van der Waals surface area contributed by atoms with Crippen molar-refractivity contribution in [2.75, 3.05) is 54.9 Å². The summed E-state index contributed by atoms with van der Waals surface area (Å²) < 4.78 is 5.33. The first-order valence-electron chi connectivity index (χ1n) is 7.90. The third-order valence-electron chi connectivity index (χ3n) is 3.30. The third-order valence-corrected chi connectivity index (χ3v) is 3.30. The highest BCUT2D eigenvalue weighted by Crippen LogP contribution is 2.18. The Kier molecular flexibility index (Phi) is 6.46. The summed E-state index contributed by atoms with van der Waals surface area (Å²) in [4.78, 5) is 15.6. The van der Waals surface area contributed by atoms with Gasteiger partial charge in [-0.2, -0.15) is 15.0 Å². The first kappa shape index (κ1) is 15.8. The molecule has 0 spiro atoms. The zero-order chi connectivity index (χ0) is 14.9. The molecular weight excluding hydrogens is 268 g/mol. The van der Waals surface area contributed by atoms with Gasteiger partial charge in [-0.25, -0.2) is 0 Å². The lowest BCUT2D eigenvalue weighted by molar-refractivity contribution is 0.147. The zero-order valence-electron chi connectivity index (χ0n) is 13.1. The second-order valence-electron chi connectivity index (χ2n) is 4.98. The van der Waals surface area contributed by atoms with Gasteiger partial charge in [0.1, 0.15) is 0 Å². The third kappa shape index (κ3) is 5.00. The van der Waals surface area contributed by atoms with Crippen molar-refractivity contribution >= 4 is 17.8 Å². The van der Waals surface area contributed by atoms with Crippen LogP contribution in [0, 0.1) is 0 Å². The molecule has 1 aromatic heterocycles. The Bertz CT molecular complexity index is 422. The molecule has 0 saturated carbocycles. The van der Waals surface area contributed by atoms with Crippen molar-refractivity contribution in [3.8, 4) is 0 Å². The fraction of sp³-hybridized carbons (Fsp3) is 0.786. The molecule has 21 heavy (non-hydrogen) atoms. The van der Waals surface area contributed by atoms with Crippen LogP contribution in [0.3, 0.4) is 0 Å². The van der Waals surface area contributed by atoms with Crippen LogP contribution in [-0.2, 0) is 4.74 Å². The van der Waals surface area contributed by atoms with Gasteiger partial charge < -0.3 is 20.3 Å². The van der Waals surface area contributed by atoms with Gasteiger partial charge in [0.05, 0.1) is 0 Å². The second kappa shape index (κ2) is 8.61. The largest absolute Gasteiger partial charge is 0.382 e. The summed E-state index contributed by atoms with van der Waals surface area (Å²) in [5.41, 5.74) is 0. The highest BCUT2D eigenvalue weighted by atomic mass is 16.5. The number of ether oxygens (including phenoxy) is 1. The number of nitrogens with zero attached hydrogens (tertiary/aromatic N) is 4. The second-order valence-corrected chi connectivity index (χ2v) is 4.98. The number of hydrogen-bond donors (Lipinski definition) is 2. The van der Waals surface area contributed by atoms with Gasteiger partial charge in [-0.05, 0) is 33.1 Å². The highest BCUT2D eigenvalue weighted by Gasteiger charge is 2.17. The standard InChI is InChI=1S/C14H26N6O/c1-3-15-12-17-13(16-8-7-11-21-4-2)19-14(18-12)20-9-5-6-10-20/h3-11H2,1-2H3,(H2,15,16,17,18,19). The lowest BCUT2D eigenvalue weighted by Crippen LogP contribution is -2.22. The first-order valence-corrected chi connectivity index (χ1v) is 7.90. The van der Waals surface area contributed by atoms with Gasteiger partial charge in [0.15, 0.2) is 0 Å². The molecule has 0 aromatic carbocycles. The number of hydrogen-bond acceptors (Lipinski definition) is 7. The van der Waals surface area contributed by atoms with E-state index in [1.165, 1.54) is 12.8 Å². The van der Waals surface area contributed by atoms with E-state index in [1.54, 1.807) is 0 Å². The average Bonchev–Trinajstić information content (AvgIpc) is 3.01. The SMILES string of the molecule is CCNc1nc(NCCCOCC)nc(N2CCCC2)n1. The Morgan fingerprint density at radius 1 is 1.05 bits per heavy atom. The highest BCUT2D eigenvalue weighted by molar-refractivity contribution is 5.44. The molecule has 0 aliphatic carbocycles. The molecule has 1 saturated heterocycles. The summed E-state index contributed by atoms with van der Waals surface area (Å²) in [6.45, 7) is 9.21. The number of aromatic nitrogens is 3. The summed E-state index contributed by atoms with van der Waals surface area (Å²) in [6.07, 6.45) is 3.35. The number of rotatable bonds is 9. The molecule has 118 valence electrons.